The summed E-state index contributed by atoms with van der Waals surface area (Å²) >= 11 is 0. The molecule has 1 amide bonds. The molecule has 5 heteroatoms. The van der Waals surface area contributed by atoms with Crippen molar-refractivity contribution in [1.82, 2.24) is 0 Å². The van der Waals surface area contributed by atoms with E-state index >= 15 is 0 Å². The maximum absolute atomic E-state index is 12.0. The van der Waals surface area contributed by atoms with Crippen LogP contribution in [0.1, 0.15) is 31.4 Å². The number of aliphatic hydroxyl groups excluding tert-OH is 1. The van der Waals surface area contributed by atoms with Crippen molar-refractivity contribution in [3.8, 4) is 5.75 Å². The fourth-order valence-corrected chi connectivity index (χ4v) is 3.36. The monoisotopic (exact) mass is 390 g/mol. The highest BCUT2D eigenvalue weighted by atomic mass is 16.3. The average molecular weight is 390 g/mol. The second-order valence-electron chi connectivity index (χ2n) is 7.20. The van der Waals surface area contributed by atoms with Crippen LogP contribution >= 0.6 is 0 Å². The van der Waals surface area contributed by atoms with Gasteiger partial charge in [-0.15, -0.1) is 0 Å². The number of nitrogens with two attached hydrogens (primary N) is 1. The first-order chi connectivity index (χ1) is 14.0. The van der Waals surface area contributed by atoms with E-state index in [0.717, 1.165) is 16.3 Å². The summed E-state index contributed by atoms with van der Waals surface area (Å²) in [5.74, 6) is -0.0433. The zero-order chi connectivity index (χ0) is 20.8. The van der Waals surface area contributed by atoms with Crippen molar-refractivity contribution < 1.29 is 15.0 Å². The molecule has 29 heavy (non-hydrogen) atoms. The number of carbonyl (C=O) groups excluding carboxylic acids is 1. The number of anilines is 2. The van der Waals surface area contributed by atoms with Gasteiger partial charge in [0.05, 0.1) is 17.5 Å². The minimum Gasteiger partial charge on any atom is -0.507 e. The molecular formula is C24H26N2O3. The first kappa shape index (κ1) is 20.4. The normalized spacial score (nSPS) is 13.4. The molecule has 0 heterocycles. The number of amides is 1. The Labute approximate surface area is 170 Å². The van der Waals surface area contributed by atoms with Crippen LogP contribution in [0, 0.1) is 5.92 Å². The SMILES string of the molecule is C[C@@H](CC/C=C/C(=O)Nc1ccccc1N)[C@H](O)c1ccc(O)c2ccccc12. The van der Waals surface area contributed by atoms with E-state index in [1.54, 1.807) is 30.3 Å². The molecule has 0 radical (unpaired) electrons. The van der Waals surface area contributed by atoms with Gasteiger partial charge in [-0.2, -0.15) is 0 Å². The predicted octanol–water partition coefficient (Wildman–Crippen LogP) is 4.77. The van der Waals surface area contributed by atoms with Crippen LogP contribution in [0.3, 0.4) is 0 Å². The van der Waals surface area contributed by atoms with Crippen molar-refractivity contribution in [2.75, 3.05) is 11.1 Å². The summed E-state index contributed by atoms with van der Waals surface area (Å²) in [6.45, 7) is 1.98. The molecule has 0 aliphatic carbocycles. The first-order valence-corrected chi connectivity index (χ1v) is 9.68. The number of hydrogen-bond donors (Lipinski definition) is 4. The van der Waals surface area contributed by atoms with Crippen LogP contribution in [-0.4, -0.2) is 16.1 Å². The van der Waals surface area contributed by atoms with Crippen LogP contribution in [0.15, 0.2) is 72.8 Å². The summed E-state index contributed by atoms with van der Waals surface area (Å²) in [4.78, 5) is 12.0. The van der Waals surface area contributed by atoms with Crippen LogP contribution in [0.4, 0.5) is 11.4 Å². The van der Waals surface area contributed by atoms with Gasteiger partial charge in [0.1, 0.15) is 5.75 Å². The van der Waals surface area contributed by atoms with Crippen molar-refractivity contribution in [3.05, 3.63) is 78.4 Å². The lowest BCUT2D eigenvalue weighted by molar-refractivity contribution is -0.111. The number of allylic oxidation sites excluding steroid dienone is 1. The van der Waals surface area contributed by atoms with Crippen LogP contribution in [-0.2, 0) is 4.79 Å². The molecule has 3 aromatic carbocycles. The number of aliphatic hydroxyl groups is 1. The van der Waals surface area contributed by atoms with Gasteiger partial charge in [-0.1, -0.05) is 55.5 Å². The zero-order valence-corrected chi connectivity index (χ0v) is 16.4. The Morgan fingerprint density at radius 2 is 1.76 bits per heavy atom. The van der Waals surface area contributed by atoms with E-state index < -0.39 is 6.10 Å². The predicted molar refractivity (Wildman–Crippen MR) is 118 cm³/mol. The number of aromatic hydroxyl groups is 1. The summed E-state index contributed by atoms with van der Waals surface area (Å²) in [6, 6.07) is 18.0. The number of phenols is 1. The Morgan fingerprint density at radius 1 is 1.07 bits per heavy atom. The third-order valence-electron chi connectivity index (χ3n) is 5.07. The van der Waals surface area contributed by atoms with Crippen molar-refractivity contribution in [2.24, 2.45) is 5.92 Å². The van der Waals surface area contributed by atoms with Gasteiger partial charge in [0, 0.05) is 5.39 Å². The molecule has 0 unspecified atom stereocenters. The molecule has 150 valence electrons. The highest BCUT2D eigenvalue weighted by Gasteiger charge is 2.19. The van der Waals surface area contributed by atoms with Gasteiger partial charge in [-0.25, -0.2) is 0 Å². The van der Waals surface area contributed by atoms with E-state index in [1.807, 2.05) is 43.3 Å². The molecule has 0 aliphatic rings. The van der Waals surface area contributed by atoms with Crippen molar-refractivity contribution in [1.29, 1.82) is 0 Å². The largest absolute Gasteiger partial charge is 0.507 e. The fourth-order valence-electron chi connectivity index (χ4n) is 3.36. The minimum absolute atomic E-state index is 0.0135. The maximum atomic E-state index is 12.0. The quantitative estimate of drug-likeness (QED) is 0.345. The van der Waals surface area contributed by atoms with E-state index in [4.69, 9.17) is 5.73 Å². The van der Waals surface area contributed by atoms with Gasteiger partial charge in [0.2, 0.25) is 5.91 Å². The van der Waals surface area contributed by atoms with Crippen molar-refractivity contribution in [2.45, 2.75) is 25.9 Å². The fraction of sp³-hybridized carbons (Fsp3) is 0.208. The van der Waals surface area contributed by atoms with Gasteiger partial charge in [-0.05, 0) is 54.0 Å². The van der Waals surface area contributed by atoms with Gasteiger partial charge >= 0.3 is 0 Å². The standard InChI is InChI=1S/C24H26N2O3/c1-16(8-2-7-13-23(28)26-21-12-6-5-11-20(21)25)24(29)19-14-15-22(27)18-10-4-3-9-17(18)19/h3-7,9-16,24,27,29H,2,8,25H2,1H3,(H,26,28)/b13-7+/t16-,24-/m0/s1. The lowest BCUT2D eigenvalue weighted by atomic mass is 9.90. The molecule has 2 atom stereocenters. The van der Waals surface area contributed by atoms with Gasteiger partial charge in [0.15, 0.2) is 0 Å². The number of carbonyl (C=O) groups is 1. The number of rotatable bonds is 7. The van der Waals surface area contributed by atoms with Gasteiger partial charge in [-0.3, -0.25) is 4.79 Å². The highest BCUT2D eigenvalue weighted by Crippen LogP contribution is 2.34. The molecule has 0 aliphatic heterocycles. The Morgan fingerprint density at radius 3 is 2.52 bits per heavy atom. The average Bonchev–Trinajstić information content (AvgIpc) is 2.73. The summed E-state index contributed by atoms with van der Waals surface area (Å²) in [5, 5.41) is 25.2. The number of hydrogen-bond acceptors (Lipinski definition) is 4. The first-order valence-electron chi connectivity index (χ1n) is 9.68. The third-order valence-corrected chi connectivity index (χ3v) is 5.07. The Balaban J connectivity index is 1.57. The Hall–Kier alpha value is -3.31. The summed E-state index contributed by atoms with van der Waals surface area (Å²) in [7, 11) is 0. The molecule has 3 rings (SSSR count). The number of nitrogen functional groups attached to an aromatic ring is 1. The molecule has 0 bridgehead atoms. The lowest BCUT2D eigenvalue weighted by Crippen LogP contribution is -2.10. The minimum atomic E-state index is -0.660. The van der Waals surface area contributed by atoms with Gasteiger partial charge in [0.25, 0.3) is 0 Å². The molecule has 0 aromatic heterocycles. The van der Waals surface area contributed by atoms with Crippen LogP contribution in [0.25, 0.3) is 10.8 Å². The smallest absolute Gasteiger partial charge is 0.248 e. The third kappa shape index (κ3) is 4.95. The molecule has 0 saturated carbocycles. The summed E-state index contributed by atoms with van der Waals surface area (Å²) in [5.41, 5.74) is 7.73. The Kier molecular flexibility index (Phi) is 6.52. The topological polar surface area (TPSA) is 95.6 Å². The number of para-hydroxylation sites is 2. The molecule has 0 spiro atoms. The van der Waals surface area contributed by atoms with E-state index in [2.05, 4.69) is 5.32 Å². The second-order valence-corrected chi connectivity index (χ2v) is 7.20. The van der Waals surface area contributed by atoms with Crippen LogP contribution in [0.2, 0.25) is 0 Å². The van der Waals surface area contributed by atoms with Crippen molar-refractivity contribution in [3.63, 3.8) is 0 Å². The molecule has 5 nitrogen and oxygen atoms in total. The molecule has 0 saturated heterocycles. The van der Waals surface area contributed by atoms with Gasteiger partial charge < -0.3 is 21.3 Å². The number of fused-ring (bicyclic) bond motifs is 1. The summed E-state index contributed by atoms with van der Waals surface area (Å²) < 4.78 is 0. The van der Waals surface area contributed by atoms with Crippen LogP contribution in [0.5, 0.6) is 5.75 Å². The maximum Gasteiger partial charge on any atom is 0.248 e. The van der Waals surface area contributed by atoms with E-state index in [0.29, 0.717) is 24.2 Å². The number of benzene rings is 3. The lowest BCUT2D eigenvalue weighted by Gasteiger charge is -2.20. The number of phenolic OH excluding ortho intramolecular Hbond substituents is 1. The molecule has 5 N–H and O–H groups in total. The molecule has 0 fully saturated rings. The van der Waals surface area contributed by atoms with Crippen molar-refractivity contribution >= 4 is 28.1 Å². The van der Waals surface area contributed by atoms with E-state index in [9.17, 15) is 15.0 Å². The Bertz CT molecular complexity index is 1030. The second kappa shape index (κ2) is 9.26. The number of nitrogens with one attached hydrogen (secondary N) is 1. The zero-order valence-electron chi connectivity index (χ0n) is 16.4. The molecular weight excluding hydrogens is 364 g/mol. The molecule has 3 aromatic rings. The van der Waals surface area contributed by atoms with E-state index in [-0.39, 0.29) is 17.6 Å². The van der Waals surface area contributed by atoms with E-state index in [1.165, 1.54) is 6.08 Å². The van der Waals surface area contributed by atoms with Crippen LogP contribution < -0.4 is 11.1 Å². The highest BCUT2D eigenvalue weighted by molar-refractivity contribution is 6.01. The summed E-state index contributed by atoms with van der Waals surface area (Å²) in [6.07, 6.45) is 4.00.